The van der Waals surface area contributed by atoms with Crippen LogP contribution in [0.2, 0.25) is 0 Å². The number of furan rings is 2. The monoisotopic (exact) mass is 355 g/mol. The minimum absolute atomic E-state index is 0.0134. The van der Waals surface area contributed by atoms with Crippen LogP contribution in [0.4, 0.5) is 0 Å². The third kappa shape index (κ3) is 3.75. The molecule has 3 heterocycles. The van der Waals surface area contributed by atoms with Crippen LogP contribution in [0.15, 0.2) is 51.7 Å². The maximum absolute atomic E-state index is 12.7. The van der Waals surface area contributed by atoms with Crippen molar-refractivity contribution in [2.75, 3.05) is 20.6 Å². The molecule has 0 aliphatic rings. The van der Waals surface area contributed by atoms with E-state index in [9.17, 15) is 4.79 Å². The van der Waals surface area contributed by atoms with Gasteiger partial charge in [-0.05, 0) is 58.3 Å². The molecule has 3 aromatic heterocycles. The smallest absolute Gasteiger partial charge is 0.253 e. The number of aryl methyl sites for hydroxylation is 1. The van der Waals surface area contributed by atoms with E-state index >= 15 is 0 Å². The van der Waals surface area contributed by atoms with Gasteiger partial charge in [0.1, 0.15) is 11.5 Å². The summed E-state index contributed by atoms with van der Waals surface area (Å²) >= 11 is 0. The maximum atomic E-state index is 12.7. The second kappa shape index (κ2) is 7.66. The number of hydrogen-bond donors (Lipinski definition) is 1. The largest absolute Gasteiger partial charge is 0.468 e. The van der Waals surface area contributed by atoms with Crippen LogP contribution in [0, 0.1) is 13.8 Å². The molecule has 1 N–H and O–H groups in total. The molecule has 26 heavy (non-hydrogen) atoms. The molecule has 0 saturated carbocycles. The van der Waals surface area contributed by atoms with Crippen LogP contribution in [0.3, 0.4) is 0 Å². The van der Waals surface area contributed by atoms with Crippen molar-refractivity contribution in [2.45, 2.75) is 26.4 Å². The lowest BCUT2D eigenvalue weighted by Gasteiger charge is -2.22. The standard InChI is InChI=1S/C20H25N3O3/c1-14-11-17(15(2)23(14)13-16-7-5-9-25-16)20(24)21-12-18(22(3)4)19-8-6-10-26-19/h5-11,18H,12-13H2,1-4H3,(H,21,24). The van der Waals surface area contributed by atoms with E-state index in [4.69, 9.17) is 8.83 Å². The first kappa shape index (κ1) is 18.1. The zero-order valence-corrected chi connectivity index (χ0v) is 15.7. The molecule has 6 heteroatoms. The van der Waals surface area contributed by atoms with E-state index in [0.29, 0.717) is 18.7 Å². The molecule has 0 aliphatic heterocycles. The van der Waals surface area contributed by atoms with Gasteiger partial charge in [0, 0.05) is 17.9 Å². The van der Waals surface area contributed by atoms with Crippen LogP contribution < -0.4 is 5.32 Å². The third-order valence-corrected chi connectivity index (χ3v) is 4.66. The van der Waals surface area contributed by atoms with Gasteiger partial charge in [-0.2, -0.15) is 0 Å². The van der Waals surface area contributed by atoms with E-state index in [1.165, 1.54) is 0 Å². The predicted molar refractivity (Wildman–Crippen MR) is 99.2 cm³/mol. The van der Waals surface area contributed by atoms with Gasteiger partial charge >= 0.3 is 0 Å². The number of nitrogens with zero attached hydrogens (tertiary/aromatic N) is 2. The Balaban J connectivity index is 1.72. The SMILES string of the molecule is Cc1cc(C(=O)NCC(c2ccco2)N(C)C)c(C)n1Cc1ccco1. The first-order valence-corrected chi connectivity index (χ1v) is 8.64. The molecule has 1 atom stereocenters. The summed E-state index contributed by atoms with van der Waals surface area (Å²) < 4.78 is 13.0. The quantitative estimate of drug-likeness (QED) is 0.706. The van der Waals surface area contributed by atoms with Crippen molar-refractivity contribution in [2.24, 2.45) is 0 Å². The highest BCUT2D eigenvalue weighted by molar-refractivity contribution is 5.95. The Hall–Kier alpha value is -2.73. The highest BCUT2D eigenvalue weighted by Gasteiger charge is 2.21. The zero-order valence-electron chi connectivity index (χ0n) is 15.7. The topological polar surface area (TPSA) is 63.6 Å². The second-order valence-electron chi connectivity index (χ2n) is 6.66. The molecule has 6 nitrogen and oxygen atoms in total. The number of amides is 1. The van der Waals surface area contributed by atoms with Crippen molar-refractivity contribution >= 4 is 5.91 Å². The lowest BCUT2D eigenvalue weighted by Crippen LogP contribution is -2.34. The average molecular weight is 355 g/mol. The fraction of sp³-hybridized carbons (Fsp3) is 0.350. The van der Waals surface area contributed by atoms with E-state index in [2.05, 4.69) is 9.88 Å². The molecule has 3 rings (SSSR count). The van der Waals surface area contributed by atoms with Gasteiger partial charge in [-0.1, -0.05) is 0 Å². The summed E-state index contributed by atoms with van der Waals surface area (Å²) in [4.78, 5) is 14.8. The van der Waals surface area contributed by atoms with Crippen molar-refractivity contribution in [3.8, 4) is 0 Å². The number of hydrogen-bond acceptors (Lipinski definition) is 4. The molecule has 0 fully saturated rings. The van der Waals surface area contributed by atoms with Gasteiger partial charge in [-0.3, -0.25) is 9.69 Å². The van der Waals surface area contributed by atoms with Crippen LogP contribution in [0.5, 0.6) is 0 Å². The van der Waals surface area contributed by atoms with Gasteiger partial charge in [0.05, 0.1) is 30.7 Å². The van der Waals surface area contributed by atoms with Crippen molar-refractivity contribution in [1.82, 2.24) is 14.8 Å². The number of carbonyl (C=O) groups excluding carboxylic acids is 1. The summed E-state index contributed by atoms with van der Waals surface area (Å²) in [5.74, 6) is 1.62. The van der Waals surface area contributed by atoms with Gasteiger partial charge < -0.3 is 18.7 Å². The summed E-state index contributed by atoms with van der Waals surface area (Å²) in [6, 6.07) is 9.49. The van der Waals surface area contributed by atoms with Crippen LogP contribution in [-0.2, 0) is 6.54 Å². The van der Waals surface area contributed by atoms with Crippen molar-refractivity contribution in [3.05, 3.63) is 71.3 Å². The number of nitrogens with one attached hydrogen (secondary N) is 1. The summed E-state index contributed by atoms with van der Waals surface area (Å²) in [5.41, 5.74) is 2.64. The molecule has 0 aliphatic carbocycles. The molecule has 3 aromatic rings. The third-order valence-electron chi connectivity index (χ3n) is 4.66. The highest BCUT2D eigenvalue weighted by Crippen LogP contribution is 2.20. The van der Waals surface area contributed by atoms with E-state index in [-0.39, 0.29) is 11.9 Å². The molecular weight excluding hydrogens is 330 g/mol. The first-order valence-electron chi connectivity index (χ1n) is 8.64. The normalized spacial score (nSPS) is 12.5. The van der Waals surface area contributed by atoms with Gasteiger partial charge in [0.2, 0.25) is 0 Å². The van der Waals surface area contributed by atoms with Crippen LogP contribution >= 0.6 is 0 Å². The first-order chi connectivity index (χ1) is 12.5. The van der Waals surface area contributed by atoms with Gasteiger partial charge in [-0.15, -0.1) is 0 Å². The molecule has 0 spiro atoms. The minimum Gasteiger partial charge on any atom is -0.468 e. The summed E-state index contributed by atoms with van der Waals surface area (Å²) in [6.07, 6.45) is 3.31. The average Bonchev–Trinajstić information content (AvgIpc) is 3.34. The molecule has 1 amide bonds. The summed E-state index contributed by atoms with van der Waals surface area (Å²) in [6.45, 7) is 5.05. The van der Waals surface area contributed by atoms with Crippen LogP contribution in [-0.4, -0.2) is 36.0 Å². The Kier molecular flexibility index (Phi) is 5.32. The van der Waals surface area contributed by atoms with E-state index in [0.717, 1.165) is 22.9 Å². The number of rotatable bonds is 7. The van der Waals surface area contributed by atoms with Gasteiger partial charge in [0.25, 0.3) is 5.91 Å². The van der Waals surface area contributed by atoms with Crippen molar-refractivity contribution < 1.29 is 13.6 Å². The summed E-state index contributed by atoms with van der Waals surface area (Å²) in [7, 11) is 3.93. The number of aromatic nitrogens is 1. The molecule has 0 aromatic carbocycles. The highest BCUT2D eigenvalue weighted by atomic mass is 16.3. The van der Waals surface area contributed by atoms with Gasteiger partial charge in [0.15, 0.2) is 0 Å². The Morgan fingerprint density at radius 2 is 1.92 bits per heavy atom. The Morgan fingerprint density at radius 1 is 1.19 bits per heavy atom. The lowest BCUT2D eigenvalue weighted by molar-refractivity contribution is 0.0938. The van der Waals surface area contributed by atoms with E-state index in [1.807, 2.05) is 63.2 Å². The van der Waals surface area contributed by atoms with E-state index in [1.54, 1.807) is 12.5 Å². The molecule has 0 radical (unpaired) electrons. The van der Waals surface area contributed by atoms with Crippen LogP contribution in [0.25, 0.3) is 0 Å². The predicted octanol–water partition coefficient (Wildman–Crippen LogP) is 3.37. The second-order valence-corrected chi connectivity index (χ2v) is 6.66. The zero-order chi connectivity index (χ0) is 18.7. The van der Waals surface area contributed by atoms with Crippen LogP contribution in [0.1, 0.15) is 39.3 Å². The lowest BCUT2D eigenvalue weighted by atomic mass is 10.2. The Morgan fingerprint density at radius 3 is 2.54 bits per heavy atom. The van der Waals surface area contributed by atoms with Crippen molar-refractivity contribution in [1.29, 1.82) is 0 Å². The fourth-order valence-corrected chi connectivity index (χ4v) is 3.14. The van der Waals surface area contributed by atoms with Crippen molar-refractivity contribution in [3.63, 3.8) is 0 Å². The molecular formula is C20H25N3O3. The fourth-order valence-electron chi connectivity index (χ4n) is 3.14. The molecule has 1 unspecified atom stereocenters. The minimum atomic E-state index is -0.0813. The number of likely N-dealkylation sites (N-methyl/N-ethyl adjacent to an activating group) is 1. The maximum Gasteiger partial charge on any atom is 0.253 e. The van der Waals surface area contributed by atoms with E-state index < -0.39 is 0 Å². The Bertz CT molecular complexity index is 845. The Labute approximate surface area is 153 Å². The summed E-state index contributed by atoms with van der Waals surface area (Å²) in [5, 5.41) is 3.03. The van der Waals surface area contributed by atoms with Gasteiger partial charge in [-0.25, -0.2) is 0 Å². The molecule has 138 valence electrons. The molecule has 0 saturated heterocycles. The molecule has 0 bridgehead atoms. The number of carbonyl (C=O) groups is 1.